The van der Waals surface area contributed by atoms with Crippen LogP contribution in [0.5, 0.6) is 0 Å². The highest BCUT2D eigenvalue weighted by molar-refractivity contribution is 6.10. The van der Waals surface area contributed by atoms with Crippen LogP contribution in [0.3, 0.4) is 0 Å². The number of hydrogen-bond acceptors (Lipinski definition) is 3. The van der Waals surface area contributed by atoms with Gasteiger partial charge in [-0.1, -0.05) is 97.1 Å². The summed E-state index contributed by atoms with van der Waals surface area (Å²) in [7, 11) is 0. The number of terminal acetylenes is 1. The molecule has 4 heteroatoms. The molecule has 0 aliphatic heterocycles. The van der Waals surface area contributed by atoms with Crippen LogP contribution < -0.4 is 0 Å². The molecule has 0 saturated heterocycles. The van der Waals surface area contributed by atoms with Gasteiger partial charge in [0.15, 0.2) is 17.5 Å². The maximum absolute atomic E-state index is 4.92. The highest BCUT2D eigenvalue weighted by Gasteiger charge is 2.16. The van der Waals surface area contributed by atoms with Gasteiger partial charge in [0, 0.05) is 33.2 Å². The van der Waals surface area contributed by atoms with E-state index in [9.17, 15) is 0 Å². The van der Waals surface area contributed by atoms with Gasteiger partial charge in [0.25, 0.3) is 0 Å². The van der Waals surface area contributed by atoms with Crippen molar-refractivity contribution in [3.63, 3.8) is 0 Å². The Kier molecular flexibility index (Phi) is 6.39. The minimum atomic E-state index is 0.658. The van der Waals surface area contributed by atoms with E-state index in [1.807, 2.05) is 66.7 Å². The summed E-state index contributed by atoms with van der Waals surface area (Å²) in [5.41, 5.74) is 6.35. The minimum absolute atomic E-state index is 0.658. The van der Waals surface area contributed by atoms with E-state index in [1.165, 1.54) is 16.3 Å². The quantitative estimate of drug-likeness (QED) is 0.229. The summed E-state index contributed by atoms with van der Waals surface area (Å²) < 4.78 is 2.31. The van der Waals surface area contributed by atoms with Gasteiger partial charge in [-0.3, -0.25) is 0 Å². The maximum Gasteiger partial charge on any atom is 0.164 e. The zero-order valence-electron chi connectivity index (χ0n) is 21.1. The van der Waals surface area contributed by atoms with Crippen molar-refractivity contribution >= 4 is 21.8 Å². The minimum Gasteiger partial charge on any atom is -0.309 e. The van der Waals surface area contributed by atoms with Gasteiger partial charge in [0.05, 0.1) is 11.0 Å². The van der Waals surface area contributed by atoms with Crippen molar-refractivity contribution in [3.8, 4) is 52.7 Å². The van der Waals surface area contributed by atoms with Crippen molar-refractivity contribution < 1.29 is 0 Å². The summed E-state index contributed by atoms with van der Waals surface area (Å²) in [5, 5.41) is 2.36. The molecular weight excluding hydrogens is 476 g/mol. The van der Waals surface area contributed by atoms with Gasteiger partial charge < -0.3 is 4.57 Å². The molecule has 0 bridgehead atoms. The molecule has 7 aromatic rings. The Bertz CT molecular complexity index is 1850. The number of fused-ring (bicyclic) bond motifs is 3. The number of aromatic nitrogens is 4. The molecule has 0 amide bonds. The van der Waals surface area contributed by atoms with E-state index < -0.39 is 0 Å². The molecule has 2 aromatic heterocycles. The normalized spacial score (nSPS) is 10.7. The summed E-state index contributed by atoms with van der Waals surface area (Å²) in [5.74, 6) is 1.98. The third-order valence-electron chi connectivity index (χ3n) is 6.64. The second-order valence-electron chi connectivity index (χ2n) is 8.96. The van der Waals surface area contributed by atoms with Crippen molar-refractivity contribution in [2.45, 2.75) is 0 Å². The lowest BCUT2D eigenvalue weighted by Gasteiger charge is -2.09. The molecule has 39 heavy (non-hydrogen) atoms. The van der Waals surface area contributed by atoms with E-state index in [-0.39, 0.29) is 0 Å². The number of nitrogens with zero attached hydrogens (tertiary/aromatic N) is 4. The summed E-state index contributed by atoms with van der Waals surface area (Å²) in [4.78, 5) is 14.7. The molecule has 0 N–H and O–H groups in total. The molecule has 0 radical (unpaired) electrons. The van der Waals surface area contributed by atoms with Crippen LogP contribution in [0.1, 0.15) is 0 Å². The zero-order chi connectivity index (χ0) is 26.6. The molecule has 4 nitrogen and oxygen atoms in total. The van der Waals surface area contributed by atoms with Gasteiger partial charge in [-0.2, -0.15) is 0 Å². The molecule has 0 aliphatic rings. The Balaban J connectivity index is 0.00000135. The smallest absolute Gasteiger partial charge is 0.164 e. The van der Waals surface area contributed by atoms with Crippen LogP contribution in [0.25, 0.3) is 61.7 Å². The standard InChI is InChI=1S/C33H22N4.C2H2/c1-4-12-23(13-5-1)31-34-32(24-14-6-2-7-15-24)36-33(35-31)25-20-21-30-28(22-25)27-18-10-11-19-29(27)37(30)26-16-8-3-9-17-26;1-2/h1-22H;1-2H. The molecular formula is C35H24N4. The van der Waals surface area contributed by atoms with Gasteiger partial charge in [-0.05, 0) is 36.4 Å². The average Bonchev–Trinajstić information content (AvgIpc) is 3.37. The van der Waals surface area contributed by atoms with Crippen LogP contribution in [0.2, 0.25) is 0 Å². The molecule has 0 aliphatic carbocycles. The van der Waals surface area contributed by atoms with Gasteiger partial charge in [-0.25, -0.2) is 15.0 Å². The van der Waals surface area contributed by atoms with E-state index in [2.05, 4.69) is 84.1 Å². The fraction of sp³-hybridized carbons (Fsp3) is 0. The molecule has 0 fully saturated rings. The van der Waals surface area contributed by atoms with Gasteiger partial charge >= 0.3 is 0 Å². The first-order valence-corrected chi connectivity index (χ1v) is 12.6. The van der Waals surface area contributed by atoms with Gasteiger partial charge in [-0.15, -0.1) is 12.8 Å². The Morgan fingerprint density at radius 2 is 0.872 bits per heavy atom. The number of hydrogen-bond donors (Lipinski definition) is 0. The topological polar surface area (TPSA) is 43.6 Å². The Morgan fingerprint density at radius 3 is 1.46 bits per heavy atom. The first kappa shape index (κ1) is 23.8. The van der Waals surface area contributed by atoms with E-state index >= 15 is 0 Å². The number of benzene rings is 5. The van der Waals surface area contributed by atoms with Gasteiger partial charge in [0.2, 0.25) is 0 Å². The van der Waals surface area contributed by atoms with Crippen molar-refractivity contribution in [1.29, 1.82) is 0 Å². The fourth-order valence-electron chi connectivity index (χ4n) is 4.90. The van der Waals surface area contributed by atoms with Crippen molar-refractivity contribution in [1.82, 2.24) is 19.5 Å². The number of para-hydroxylation sites is 2. The van der Waals surface area contributed by atoms with Crippen molar-refractivity contribution in [2.75, 3.05) is 0 Å². The summed E-state index contributed by atoms with van der Waals surface area (Å²) in [6, 6.07) is 45.7. The zero-order valence-corrected chi connectivity index (χ0v) is 21.1. The molecule has 0 spiro atoms. The predicted molar refractivity (Wildman–Crippen MR) is 160 cm³/mol. The third-order valence-corrected chi connectivity index (χ3v) is 6.64. The van der Waals surface area contributed by atoms with Crippen molar-refractivity contribution in [2.24, 2.45) is 0 Å². The van der Waals surface area contributed by atoms with E-state index in [1.54, 1.807) is 0 Å². The summed E-state index contributed by atoms with van der Waals surface area (Å²) in [6.07, 6.45) is 8.00. The lowest BCUT2D eigenvalue weighted by molar-refractivity contribution is 1.07. The highest BCUT2D eigenvalue weighted by Crippen LogP contribution is 2.34. The molecule has 0 unspecified atom stereocenters. The Hall–Kier alpha value is -5.53. The molecule has 0 saturated carbocycles. The van der Waals surface area contributed by atoms with Crippen LogP contribution in [0.15, 0.2) is 133 Å². The Labute approximate surface area is 227 Å². The second kappa shape index (κ2) is 10.5. The average molecular weight is 501 g/mol. The Morgan fingerprint density at radius 1 is 0.410 bits per heavy atom. The van der Waals surface area contributed by atoms with Gasteiger partial charge in [0.1, 0.15) is 0 Å². The van der Waals surface area contributed by atoms with E-state index in [0.717, 1.165) is 27.9 Å². The molecule has 184 valence electrons. The third kappa shape index (κ3) is 4.43. The molecule has 0 atom stereocenters. The number of rotatable bonds is 4. The first-order valence-electron chi connectivity index (χ1n) is 12.6. The lowest BCUT2D eigenvalue weighted by Crippen LogP contribution is -2.00. The SMILES string of the molecule is C#C.c1ccc(-c2nc(-c3ccccc3)nc(-c3ccc4c(c3)c3ccccc3n4-c3ccccc3)n2)cc1. The summed E-state index contributed by atoms with van der Waals surface area (Å²) in [6.45, 7) is 0. The van der Waals surface area contributed by atoms with Crippen molar-refractivity contribution in [3.05, 3.63) is 133 Å². The fourth-order valence-corrected chi connectivity index (χ4v) is 4.90. The maximum atomic E-state index is 4.92. The monoisotopic (exact) mass is 500 g/mol. The summed E-state index contributed by atoms with van der Waals surface area (Å²) >= 11 is 0. The largest absolute Gasteiger partial charge is 0.309 e. The lowest BCUT2D eigenvalue weighted by atomic mass is 10.1. The highest BCUT2D eigenvalue weighted by atomic mass is 15.0. The first-order chi connectivity index (χ1) is 19.3. The predicted octanol–water partition coefficient (Wildman–Crippen LogP) is 8.22. The van der Waals surface area contributed by atoms with E-state index in [0.29, 0.717) is 17.5 Å². The van der Waals surface area contributed by atoms with E-state index in [4.69, 9.17) is 15.0 Å². The molecule has 5 aromatic carbocycles. The van der Waals surface area contributed by atoms with Crippen LogP contribution >= 0.6 is 0 Å². The van der Waals surface area contributed by atoms with Crippen LogP contribution in [0, 0.1) is 12.8 Å². The van der Waals surface area contributed by atoms with Crippen LogP contribution in [0.4, 0.5) is 0 Å². The second-order valence-corrected chi connectivity index (χ2v) is 8.96. The van der Waals surface area contributed by atoms with Crippen LogP contribution in [-0.4, -0.2) is 19.5 Å². The molecule has 2 heterocycles. The molecule has 7 rings (SSSR count). The van der Waals surface area contributed by atoms with Crippen LogP contribution in [-0.2, 0) is 0 Å².